The fraction of sp³-hybridized carbons (Fsp3) is 0.417. The fourth-order valence-electron chi connectivity index (χ4n) is 1.48. The van der Waals surface area contributed by atoms with Gasteiger partial charge in [0.1, 0.15) is 11.8 Å². The molecule has 0 bridgehead atoms. The number of benzene rings is 1. The predicted molar refractivity (Wildman–Crippen MR) is 64.4 cm³/mol. The molecule has 17 heavy (non-hydrogen) atoms. The lowest BCUT2D eigenvalue weighted by atomic mass is 10.1. The van der Waals surface area contributed by atoms with Gasteiger partial charge in [-0.15, -0.1) is 0 Å². The molecule has 0 spiro atoms. The number of aromatic hydroxyl groups is 1. The van der Waals surface area contributed by atoms with Crippen molar-refractivity contribution >= 4 is 5.97 Å². The minimum absolute atomic E-state index is 0.211. The van der Waals surface area contributed by atoms with Gasteiger partial charge in [-0.3, -0.25) is 10.2 Å². The molecule has 94 valence electrons. The maximum Gasteiger partial charge on any atom is 0.324 e. The van der Waals surface area contributed by atoms with Crippen LogP contribution >= 0.6 is 0 Å². The van der Waals surface area contributed by atoms with Gasteiger partial charge in [0, 0.05) is 0 Å². The molecule has 0 aliphatic carbocycles. The first-order valence-corrected chi connectivity index (χ1v) is 5.54. The van der Waals surface area contributed by atoms with Gasteiger partial charge in [-0.05, 0) is 38.1 Å². The van der Waals surface area contributed by atoms with E-state index in [9.17, 15) is 4.79 Å². The molecule has 0 aromatic heterocycles. The topological polar surface area (TPSA) is 70.6 Å². The highest BCUT2D eigenvalue weighted by atomic mass is 16.5. The van der Waals surface area contributed by atoms with E-state index in [0.29, 0.717) is 13.0 Å². The number of phenolic OH excluding ortho intramolecular Hbond substituents is 1. The summed E-state index contributed by atoms with van der Waals surface area (Å²) in [7, 11) is 1.70. The van der Waals surface area contributed by atoms with Crippen molar-refractivity contribution in [1.82, 2.24) is 10.9 Å². The second-order valence-corrected chi connectivity index (χ2v) is 3.57. The van der Waals surface area contributed by atoms with Gasteiger partial charge in [-0.1, -0.05) is 12.1 Å². The summed E-state index contributed by atoms with van der Waals surface area (Å²) in [6, 6.07) is 6.30. The first kappa shape index (κ1) is 13.5. The number of carbonyl (C=O) groups excluding carboxylic acids is 1. The molecule has 1 rings (SSSR count). The highest BCUT2D eigenvalue weighted by Gasteiger charge is 2.19. The molecule has 3 N–H and O–H groups in total. The van der Waals surface area contributed by atoms with Crippen molar-refractivity contribution in [2.24, 2.45) is 0 Å². The molecule has 0 unspecified atom stereocenters. The normalized spacial score (nSPS) is 12.1. The van der Waals surface area contributed by atoms with Crippen LogP contribution in [0.1, 0.15) is 12.5 Å². The average Bonchev–Trinajstić information content (AvgIpc) is 2.31. The highest BCUT2D eigenvalue weighted by molar-refractivity contribution is 5.76. The van der Waals surface area contributed by atoms with Crippen LogP contribution in [0.5, 0.6) is 5.75 Å². The van der Waals surface area contributed by atoms with Gasteiger partial charge in [-0.25, -0.2) is 5.43 Å². The van der Waals surface area contributed by atoms with Crippen LogP contribution in [0, 0.1) is 0 Å². The van der Waals surface area contributed by atoms with Crippen LogP contribution in [0.25, 0.3) is 0 Å². The average molecular weight is 238 g/mol. The smallest absolute Gasteiger partial charge is 0.324 e. The number of hydrogen-bond donors (Lipinski definition) is 3. The molecule has 1 atom stereocenters. The zero-order chi connectivity index (χ0) is 12.7. The molecule has 0 fully saturated rings. The maximum absolute atomic E-state index is 11.6. The monoisotopic (exact) mass is 238 g/mol. The molecule has 1 aromatic rings. The summed E-state index contributed by atoms with van der Waals surface area (Å²) in [5.41, 5.74) is 6.53. The summed E-state index contributed by atoms with van der Waals surface area (Å²) in [5.74, 6) is -0.0852. The standard InChI is InChI=1S/C12H18N2O3/c1-3-17-12(16)11(14-13-2)8-9-4-6-10(15)7-5-9/h4-7,11,13-15H,3,8H2,1-2H3/t11-/m1/s1. The largest absolute Gasteiger partial charge is 0.508 e. The summed E-state index contributed by atoms with van der Waals surface area (Å²) in [6.45, 7) is 2.13. The fourth-order valence-corrected chi connectivity index (χ4v) is 1.48. The van der Waals surface area contributed by atoms with Gasteiger partial charge < -0.3 is 9.84 Å². The summed E-state index contributed by atoms with van der Waals surface area (Å²) < 4.78 is 4.96. The molecule has 5 heteroatoms. The Hall–Kier alpha value is -1.59. The van der Waals surface area contributed by atoms with Crippen molar-refractivity contribution in [2.75, 3.05) is 13.7 Å². The molecule has 1 aromatic carbocycles. The molecule has 0 saturated carbocycles. The van der Waals surface area contributed by atoms with E-state index in [-0.39, 0.29) is 11.7 Å². The molecule has 0 aliphatic rings. The van der Waals surface area contributed by atoms with Crippen LogP contribution in [0.3, 0.4) is 0 Å². The van der Waals surface area contributed by atoms with E-state index in [4.69, 9.17) is 9.84 Å². The summed E-state index contributed by atoms with van der Waals surface area (Å²) in [6.07, 6.45) is 0.500. The highest BCUT2D eigenvalue weighted by Crippen LogP contribution is 2.11. The Labute approximate surface area is 101 Å². The van der Waals surface area contributed by atoms with Crippen LogP contribution < -0.4 is 10.9 Å². The maximum atomic E-state index is 11.6. The number of nitrogens with one attached hydrogen (secondary N) is 2. The van der Waals surface area contributed by atoms with Gasteiger partial charge >= 0.3 is 5.97 Å². The van der Waals surface area contributed by atoms with Crippen molar-refractivity contribution in [2.45, 2.75) is 19.4 Å². The third-order valence-corrected chi connectivity index (χ3v) is 2.27. The van der Waals surface area contributed by atoms with Gasteiger partial charge in [0.2, 0.25) is 0 Å². The van der Waals surface area contributed by atoms with E-state index < -0.39 is 6.04 Å². The second kappa shape index (κ2) is 6.88. The molecule has 0 heterocycles. The minimum atomic E-state index is -0.440. The Morgan fingerprint density at radius 2 is 2.06 bits per heavy atom. The second-order valence-electron chi connectivity index (χ2n) is 3.57. The van der Waals surface area contributed by atoms with E-state index >= 15 is 0 Å². The number of rotatable bonds is 6. The number of hydrazine groups is 1. The SMILES string of the molecule is CCOC(=O)[C@@H](Cc1ccc(O)cc1)NNC. The van der Waals surface area contributed by atoms with E-state index in [1.807, 2.05) is 0 Å². The predicted octanol–water partition coefficient (Wildman–Crippen LogP) is 0.590. The Bertz CT molecular complexity index is 351. The number of esters is 1. The number of carbonyl (C=O) groups is 1. The lowest BCUT2D eigenvalue weighted by Crippen LogP contribution is -2.45. The van der Waals surface area contributed by atoms with Crippen LogP contribution in [-0.4, -0.2) is 30.8 Å². The molecular formula is C12H18N2O3. The summed E-state index contributed by atoms with van der Waals surface area (Å²) in [5, 5.41) is 9.17. The van der Waals surface area contributed by atoms with Crippen LogP contribution in [0.4, 0.5) is 0 Å². The summed E-state index contributed by atoms with van der Waals surface area (Å²) in [4.78, 5) is 11.6. The Morgan fingerprint density at radius 3 is 2.59 bits per heavy atom. The molecule has 0 saturated heterocycles. The molecule has 0 amide bonds. The van der Waals surface area contributed by atoms with E-state index in [0.717, 1.165) is 5.56 Å². The Kier molecular flexibility index (Phi) is 5.45. The van der Waals surface area contributed by atoms with Crippen molar-refractivity contribution in [1.29, 1.82) is 0 Å². The molecule has 5 nitrogen and oxygen atoms in total. The van der Waals surface area contributed by atoms with E-state index in [2.05, 4.69) is 10.9 Å². The third-order valence-electron chi connectivity index (χ3n) is 2.27. The minimum Gasteiger partial charge on any atom is -0.508 e. The zero-order valence-electron chi connectivity index (χ0n) is 10.1. The number of ether oxygens (including phenoxy) is 1. The van der Waals surface area contributed by atoms with Crippen molar-refractivity contribution in [3.8, 4) is 5.75 Å². The summed E-state index contributed by atoms with van der Waals surface area (Å²) >= 11 is 0. The number of hydrogen-bond acceptors (Lipinski definition) is 5. The van der Waals surface area contributed by atoms with Crippen molar-refractivity contribution in [3.05, 3.63) is 29.8 Å². The quantitative estimate of drug-likeness (QED) is 0.500. The van der Waals surface area contributed by atoms with Crippen molar-refractivity contribution in [3.63, 3.8) is 0 Å². The van der Waals surface area contributed by atoms with Crippen molar-refractivity contribution < 1.29 is 14.6 Å². The Morgan fingerprint density at radius 1 is 1.41 bits per heavy atom. The van der Waals surface area contributed by atoms with Crippen LogP contribution in [-0.2, 0) is 16.0 Å². The molecule has 0 radical (unpaired) electrons. The lowest BCUT2D eigenvalue weighted by molar-refractivity contribution is -0.145. The first-order valence-electron chi connectivity index (χ1n) is 5.54. The van der Waals surface area contributed by atoms with Gasteiger partial charge in [0.05, 0.1) is 6.61 Å². The van der Waals surface area contributed by atoms with Crippen LogP contribution in [0.15, 0.2) is 24.3 Å². The first-order chi connectivity index (χ1) is 8.17. The molecule has 0 aliphatic heterocycles. The van der Waals surface area contributed by atoms with Gasteiger partial charge in [0.15, 0.2) is 0 Å². The Balaban J connectivity index is 2.65. The zero-order valence-corrected chi connectivity index (χ0v) is 10.1. The lowest BCUT2D eigenvalue weighted by Gasteiger charge is -2.16. The molecular weight excluding hydrogens is 220 g/mol. The number of phenols is 1. The third kappa shape index (κ3) is 4.42. The van der Waals surface area contributed by atoms with E-state index in [1.54, 1.807) is 38.2 Å². The van der Waals surface area contributed by atoms with Gasteiger partial charge in [0.25, 0.3) is 0 Å². The van der Waals surface area contributed by atoms with Gasteiger partial charge in [-0.2, -0.15) is 0 Å². The van der Waals surface area contributed by atoms with Crippen LogP contribution in [0.2, 0.25) is 0 Å². The van der Waals surface area contributed by atoms with E-state index in [1.165, 1.54) is 0 Å².